The van der Waals surface area contributed by atoms with E-state index in [1.165, 1.54) is 12.1 Å². The molecule has 1 saturated carbocycles. The first-order valence-electron chi connectivity index (χ1n) is 6.83. The molecule has 2 rings (SSSR count). The van der Waals surface area contributed by atoms with Crippen LogP contribution >= 0.6 is 11.8 Å². The van der Waals surface area contributed by atoms with Crippen molar-refractivity contribution in [2.24, 2.45) is 11.7 Å². The Kier molecular flexibility index (Phi) is 4.84. The van der Waals surface area contributed by atoms with Gasteiger partial charge in [0.25, 0.3) is 5.69 Å². The molecule has 0 amide bonds. The number of nitro groups is 1. The molecular weight excluding hydrogens is 292 g/mol. The molecule has 0 aliphatic heterocycles. The maximum absolute atomic E-state index is 11.3. The highest BCUT2D eigenvalue weighted by Gasteiger charge is 2.45. The van der Waals surface area contributed by atoms with Crippen molar-refractivity contribution in [3.05, 3.63) is 34.4 Å². The van der Waals surface area contributed by atoms with Crippen LogP contribution in [0.3, 0.4) is 0 Å². The van der Waals surface area contributed by atoms with Gasteiger partial charge < -0.3 is 10.8 Å². The van der Waals surface area contributed by atoms with Crippen molar-refractivity contribution in [2.45, 2.75) is 36.1 Å². The van der Waals surface area contributed by atoms with E-state index in [1.807, 2.05) is 0 Å². The Labute approximate surface area is 126 Å². The van der Waals surface area contributed by atoms with E-state index >= 15 is 0 Å². The number of carboxylic acid groups (broad SMARTS) is 1. The summed E-state index contributed by atoms with van der Waals surface area (Å²) in [5.41, 5.74) is 4.98. The molecule has 0 spiro atoms. The largest absolute Gasteiger partial charge is 0.480 e. The number of hydrogen-bond donors (Lipinski definition) is 2. The van der Waals surface area contributed by atoms with Crippen LogP contribution in [0.5, 0.6) is 0 Å². The van der Waals surface area contributed by atoms with Crippen LogP contribution in [-0.4, -0.2) is 27.3 Å². The van der Waals surface area contributed by atoms with E-state index in [0.29, 0.717) is 6.42 Å². The molecule has 1 aromatic carbocycles. The topological polar surface area (TPSA) is 106 Å². The molecule has 0 saturated heterocycles. The summed E-state index contributed by atoms with van der Waals surface area (Å²) >= 11 is 1.57. The summed E-state index contributed by atoms with van der Waals surface area (Å²) in [7, 11) is 0. The van der Waals surface area contributed by atoms with Gasteiger partial charge in [-0.25, -0.2) is 0 Å². The summed E-state index contributed by atoms with van der Waals surface area (Å²) in [6.45, 7) is 0. The van der Waals surface area contributed by atoms with Crippen LogP contribution in [0.2, 0.25) is 0 Å². The molecule has 6 nitrogen and oxygen atoms in total. The summed E-state index contributed by atoms with van der Waals surface area (Å²) < 4.78 is 0. The van der Waals surface area contributed by atoms with E-state index in [2.05, 4.69) is 0 Å². The van der Waals surface area contributed by atoms with Crippen LogP contribution in [0, 0.1) is 16.0 Å². The van der Waals surface area contributed by atoms with Crippen molar-refractivity contribution < 1.29 is 14.8 Å². The average molecular weight is 310 g/mol. The summed E-state index contributed by atoms with van der Waals surface area (Å²) in [5, 5.41) is 19.8. The molecule has 7 heteroatoms. The predicted octanol–water partition coefficient (Wildman–Crippen LogP) is 2.66. The highest BCUT2D eigenvalue weighted by Crippen LogP contribution is 2.37. The SMILES string of the molecule is NC1(C(=O)O)CCCC1CCSc1ccc([N+](=O)[O-])cc1. The van der Waals surface area contributed by atoms with E-state index in [9.17, 15) is 20.0 Å². The van der Waals surface area contributed by atoms with E-state index in [1.54, 1.807) is 23.9 Å². The van der Waals surface area contributed by atoms with Gasteiger partial charge in [0, 0.05) is 17.0 Å². The Morgan fingerprint density at radius 3 is 2.71 bits per heavy atom. The average Bonchev–Trinajstić information content (AvgIpc) is 2.82. The number of hydrogen-bond acceptors (Lipinski definition) is 5. The minimum Gasteiger partial charge on any atom is -0.480 e. The Morgan fingerprint density at radius 2 is 2.14 bits per heavy atom. The lowest BCUT2D eigenvalue weighted by molar-refractivity contribution is -0.384. The summed E-state index contributed by atoms with van der Waals surface area (Å²) in [6, 6.07) is 6.37. The number of carboxylic acids is 1. The van der Waals surface area contributed by atoms with Gasteiger partial charge in [0.15, 0.2) is 0 Å². The molecule has 0 bridgehead atoms. The van der Waals surface area contributed by atoms with Crippen LogP contribution in [0.4, 0.5) is 5.69 Å². The van der Waals surface area contributed by atoms with Crippen LogP contribution in [0.15, 0.2) is 29.2 Å². The normalized spacial score (nSPS) is 24.9. The van der Waals surface area contributed by atoms with Crippen molar-refractivity contribution >= 4 is 23.4 Å². The van der Waals surface area contributed by atoms with Crippen molar-refractivity contribution in [3.63, 3.8) is 0 Å². The Morgan fingerprint density at radius 1 is 1.48 bits per heavy atom. The summed E-state index contributed by atoms with van der Waals surface area (Å²) in [6.07, 6.45) is 2.99. The van der Waals surface area contributed by atoms with Gasteiger partial charge in [-0.3, -0.25) is 14.9 Å². The minimum absolute atomic E-state index is 0.000508. The number of non-ortho nitro benzene ring substituents is 1. The van der Waals surface area contributed by atoms with Gasteiger partial charge in [-0.2, -0.15) is 0 Å². The van der Waals surface area contributed by atoms with Crippen molar-refractivity contribution in [3.8, 4) is 0 Å². The number of benzene rings is 1. The van der Waals surface area contributed by atoms with Gasteiger partial charge in [-0.1, -0.05) is 6.42 Å². The number of thioether (sulfide) groups is 1. The Balaban J connectivity index is 1.87. The monoisotopic (exact) mass is 310 g/mol. The van der Waals surface area contributed by atoms with E-state index in [-0.39, 0.29) is 11.6 Å². The third-order valence-corrected chi connectivity index (χ3v) is 5.10. The highest BCUT2D eigenvalue weighted by atomic mass is 32.2. The van der Waals surface area contributed by atoms with E-state index in [0.717, 1.165) is 29.9 Å². The second-order valence-electron chi connectivity index (χ2n) is 5.32. The number of rotatable bonds is 6. The molecule has 3 N–H and O–H groups in total. The lowest BCUT2D eigenvalue weighted by Crippen LogP contribution is -2.51. The molecule has 21 heavy (non-hydrogen) atoms. The molecule has 1 aliphatic rings. The number of carbonyl (C=O) groups is 1. The quantitative estimate of drug-likeness (QED) is 0.475. The zero-order valence-corrected chi connectivity index (χ0v) is 12.3. The first kappa shape index (κ1) is 15.8. The van der Waals surface area contributed by atoms with Gasteiger partial charge in [0.05, 0.1) is 4.92 Å². The molecule has 0 aromatic heterocycles. The second-order valence-corrected chi connectivity index (χ2v) is 6.49. The number of nitro benzene ring substituents is 1. The molecule has 2 unspecified atom stereocenters. The molecule has 0 radical (unpaired) electrons. The molecular formula is C14H18N2O4S. The van der Waals surface area contributed by atoms with E-state index < -0.39 is 16.4 Å². The van der Waals surface area contributed by atoms with Gasteiger partial charge in [0.2, 0.25) is 0 Å². The van der Waals surface area contributed by atoms with Crippen molar-refractivity contribution in [1.82, 2.24) is 0 Å². The fraction of sp³-hybridized carbons (Fsp3) is 0.500. The fourth-order valence-corrected chi connectivity index (χ4v) is 3.74. The van der Waals surface area contributed by atoms with Crippen molar-refractivity contribution in [1.29, 1.82) is 0 Å². The number of nitrogens with zero attached hydrogens (tertiary/aromatic N) is 1. The van der Waals surface area contributed by atoms with E-state index in [4.69, 9.17) is 5.73 Å². The van der Waals surface area contributed by atoms with Crippen LogP contribution in [0.1, 0.15) is 25.7 Å². The lowest BCUT2D eigenvalue weighted by atomic mass is 9.86. The lowest BCUT2D eigenvalue weighted by Gasteiger charge is -2.26. The smallest absolute Gasteiger partial charge is 0.323 e. The minimum atomic E-state index is -1.09. The Bertz CT molecular complexity index is 534. The highest BCUT2D eigenvalue weighted by molar-refractivity contribution is 7.99. The molecule has 2 atom stereocenters. The zero-order chi connectivity index (χ0) is 15.5. The third kappa shape index (κ3) is 3.54. The second kappa shape index (κ2) is 6.44. The first-order chi connectivity index (χ1) is 9.93. The predicted molar refractivity (Wildman–Crippen MR) is 80.3 cm³/mol. The Hall–Kier alpha value is -1.60. The molecule has 1 aromatic rings. The van der Waals surface area contributed by atoms with Gasteiger partial charge in [0.1, 0.15) is 5.54 Å². The van der Waals surface area contributed by atoms with Crippen LogP contribution < -0.4 is 5.73 Å². The van der Waals surface area contributed by atoms with Gasteiger partial charge in [-0.15, -0.1) is 11.8 Å². The van der Waals surface area contributed by atoms with Crippen LogP contribution in [0.25, 0.3) is 0 Å². The standard InChI is InChI=1S/C14H18N2O4S/c15-14(13(17)18)8-1-2-10(14)7-9-21-12-5-3-11(4-6-12)16(19)20/h3-6,10H,1-2,7-9,15H2,(H,17,18). The third-order valence-electron chi connectivity index (χ3n) is 4.05. The molecule has 1 fully saturated rings. The number of aliphatic carboxylic acids is 1. The zero-order valence-electron chi connectivity index (χ0n) is 11.5. The summed E-state index contributed by atoms with van der Waals surface area (Å²) in [5.74, 6) is -0.153. The molecule has 114 valence electrons. The number of nitrogens with two attached hydrogens (primary N) is 1. The fourth-order valence-electron chi connectivity index (χ4n) is 2.77. The maximum atomic E-state index is 11.3. The first-order valence-corrected chi connectivity index (χ1v) is 7.81. The van der Waals surface area contributed by atoms with Crippen molar-refractivity contribution in [2.75, 3.05) is 5.75 Å². The molecule has 1 aliphatic carbocycles. The maximum Gasteiger partial charge on any atom is 0.323 e. The van der Waals surface area contributed by atoms with Gasteiger partial charge in [-0.05, 0) is 43.1 Å². The van der Waals surface area contributed by atoms with Gasteiger partial charge >= 0.3 is 5.97 Å². The summed E-state index contributed by atoms with van der Waals surface area (Å²) in [4.78, 5) is 22.4. The molecule has 0 heterocycles. The van der Waals surface area contributed by atoms with Crippen LogP contribution in [-0.2, 0) is 4.79 Å².